The van der Waals surface area contributed by atoms with Crippen molar-refractivity contribution in [3.05, 3.63) is 34.4 Å². The van der Waals surface area contributed by atoms with Gasteiger partial charge in [-0.2, -0.15) is 0 Å². The van der Waals surface area contributed by atoms with Crippen molar-refractivity contribution in [3.63, 3.8) is 0 Å². The van der Waals surface area contributed by atoms with E-state index in [1.54, 1.807) is 0 Å². The van der Waals surface area contributed by atoms with Gasteiger partial charge in [-0.05, 0) is 67.7 Å². The third kappa shape index (κ3) is 4.07. The van der Waals surface area contributed by atoms with Gasteiger partial charge >= 0.3 is 0 Å². The fraction of sp³-hybridized carbons (Fsp3) is 0.667. The highest BCUT2D eigenvalue weighted by Crippen LogP contribution is 2.37. The molecule has 0 heterocycles. The second kappa shape index (κ2) is 6.09. The summed E-state index contributed by atoms with van der Waals surface area (Å²) in [6, 6.07) is 4.39. The van der Waals surface area contributed by atoms with E-state index in [9.17, 15) is 5.11 Å². The molecule has 0 aromatic heterocycles. The molecule has 1 rings (SSSR count). The third-order valence-electron chi connectivity index (χ3n) is 3.83. The Hall–Kier alpha value is -0.820. The van der Waals surface area contributed by atoms with E-state index in [4.69, 9.17) is 0 Å². The number of rotatable bonds is 5. The summed E-state index contributed by atoms with van der Waals surface area (Å²) in [5, 5.41) is 11.2. The quantitative estimate of drug-likeness (QED) is 0.801. The normalized spacial score (nSPS) is 12.5. The molecular formula is C18H30O. The minimum absolute atomic E-state index is 0.491. The molecule has 1 heteroatoms. The topological polar surface area (TPSA) is 20.2 Å². The zero-order valence-electron chi connectivity index (χ0n) is 13.7. The van der Waals surface area contributed by atoms with Crippen LogP contribution >= 0.6 is 0 Å². The fourth-order valence-electron chi connectivity index (χ4n) is 3.12. The van der Waals surface area contributed by atoms with Gasteiger partial charge in [0.15, 0.2) is 0 Å². The van der Waals surface area contributed by atoms with Crippen LogP contribution in [0.2, 0.25) is 0 Å². The average Bonchev–Trinajstić information content (AvgIpc) is 2.20. The van der Waals surface area contributed by atoms with E-state index >= 15 is 0 Å². The molecule has 0 bridgehead atoms. The second-order valence-corrected chi connectivity index (χ2v) is 6.98. The maximum Gasteiger partial charge on any atom is 0.0904 e. The van der Waals surface area contributed by atoms with E-state index in [-0.39, 0.29) is 0 Å². The van der Waals surface area contributed by atoms with Gasteiger partial charge in [0.25, 0.3) is 0 Å². The highest BCUT2D eigenvalue weighted by atomic mass is 16.3. The summed E-state index contributed by atoms with van der Waals surface area (Å²) in [4.78, 5) is 0. The van der Waals surface area contributed by atoms with Gasteiger partial charge in [0, 0.05) is 0 Å². The zero-order chi connectivity index (χ0) is 14.8. The Labute approximate surface area is 119 Å². The Bertz CT molecular complexity index is 420. The van der Waals surface area contributed by atoms with Gasteiger partial charge in [-0.15, -0.1) is 0 Å². The molecule has 0 aliphatic rings. The molecule has 0 unspecified atom stereocenters. The maximum atomic E-state index is 11.2. The molecule has 0 aliphatic carbocycles. The minimum Gasteiger partial charge on any atom is -0.385 e. The monoisotopic (exact) mass is 262 g/mol. The Kier molecular flexibility index (Phi) is 5.20. The molecule has 1 nitrogen and oxygen atoms in total. The van der Waals surface area contributed by atoms with Crippen LogP contribution in [-0.4, -0.2) is 5.11 Å². The number of aliphatic hydroxyl groups is 1. The molecule has 0 aliphatic heterocycles. The van der Waals surface area contributed by atoms with Crippen molar-refractivity contribution >= 4 is 0 Å². The zero-order valence-corrected chi connectivity index (χ0v) is 13.7. The minimum atomic E-state index is -0.690. The van der Waals surface area contributed by atoms with Crippen molar-refractivity contribution in [2.45, 2.75) is 66.9 Å². The van der Waals surface area contributed by atoms with Crippen LogP contribution in [-0.2, 0) is 5.60 Å². The highest BCUT2D eigenvalue weighted by Gasteiger charge is 2.32. The molecule has 0 saturated heterocycles. The molecular weight excluding hydrogens is 232 g/mol. The summed E-state index contributed by atoms with van der Waals surface area (Å²) in [7, 11) is 0. The lowest BCUT2D eigenvalue weighted by molar-refractivity contribution is -0.00509. The van der Waals surface area contributed by atoms with Crippen molar-refractivity contribution in [2.75, 3.05) is 0 Å². The summed E-state index contributed by atoms with van der Waals surface area (Å²) in [5.41, 5.74) is 4.22. The summed E-state index contributed by atoms with van der Waals surface area (Å²) in [6.07, 6.45) is 1.66. The molecule has 0 fully saturated rings. The first-order valence-corrected chi connectivity index (χ1v) is 7.46. The molecule has 0 amide bonds. The number of hydrogen-bond acceptors (Lipinski definition) is 1. The average molecular weight is 262 g/mol. The van der Waals surface area contributed by atoms with Crippen LogP contribution in [0.4, 0.5) is 0 Å². The molecule has 0 radical (unpaired) electrons. The van der Waals surface area contributed by atoms with Crippen LogP contribution < -0.4 is 0 Å². The molecule has 108 valence electrons. The van der Waals surface area contributed by atoms with Gasteiger partial charge in [0.2, 0.25) is 0 Å². The third-order valence-corrected chi connectivity index (χ3v) is 3.83. The largest absolute Gasteiger partial charge is 0.385 e. The van der Waals surface area contributed by atoms with Crippen LogP contribution in [0.1, 0.15) is 62.8 Å². The maximum absolute atomic E-state index is 11.2. The first-order valence-electron chi connectivity index (χ1n) is 7.46. The summed E-state index contributed by atoms with van der Waals surface area (Å²) in [6.45, 7) is 15.1. The van der Waals surface area contributed by atoms with E-state index in [0.29, 0.717) is 11.8 Å². The van der Waals surface area contributed by atoms with Crippen LogP contribution in [0.15, 0.2) is 12.1 Å². The van der Waals surface area contributed by atoms with Gasteiger partial charge in [-0.1, -0.05) is 39.8 Å². The van der Waals surface area contributed by atoms with Crippen molar-refractivity contribution in [1.82, 2.24) is 0 Å². The lowest BCUT2D eigenvalue weighted by atomic mass is 9.77. The smallest absolute Gasteiger partial charge is 0.0904 e. The van der Waals surface area contributed by atoms with Crippen molar-refractivity contribution in [1.29, 1.82) is 0 Å². The summed E-state index contributed by atoms with van der Waals surface area (Å²) >= 11 is 0. The molecule has 0 spiro atoms. The molecule has 1 aromatic carbocycles. The molecule has 1 N–H and O–H groups in total. The van der Waals surface area contributed by atoms with Gasteiger partial charge < -0.3 is 5.11 Å². The Morgan fingerprint density at radius 2 is 1.26 bits per heavy atom. The lowest BCUT2D eigenvalue weighted by Crippen LogP contribution is -2.30. The van der Waals surface area contributed by atoms with Crippen LogP contribution in [0, 0.1) is 32.6 Å². The number of benzene rings is 1. The summed E-state index contributed by atoms with van der Waals surface area (Å²) in [5.74, 6) is 0.981. The van der Waals surface area contributed by atoms with Crippen LogP contribution in [0.5, 0.6) is 0 Å². The predicted octanol–water partition coefficient (Wildman–Crippen LogP) is 4.89. The van der Waals surface area contributed by atoms with Crippen LogP contribution in [0.3, 0.4) is 0 Å². The first-order chi connectivity index (χ1) is 8.65. The Balaban J connectivity index is 3.28. The number of hydrogen-bond donors (Lipinski definition) is 1. The van der Waals surface area contributed by atoms with Gasteiger partial charge in [0.1, 0.15) is 0 Å². The number of aryl methyl sites for hydroxylation is 3. The van der Waals surface area contributed by atoms with E-state index < -0.39 is 5.60 Å². The second-order valence-electron chi connectivity index (χ2n) is 6.98. The Morgan fingerprint density at radius 1 is 0.842 bits per heavy atom. The first kappa shape index (κ1) is 16.2. The van der Waals surface area contributed by atoms with Crippen molar-refractivity contribution in [2.24, 2.45) is 11.8 Å². The van der Waals surface area contributed by atoms with Gasteiger partial charge in [-0.3, -0.25) is 0 Å². The van der Waals surface area contributed by atoms with E-state index in [2.05, 4.69) is 60.6 Å². The van der Waals surface area contributed by atoms with Crippen molar-refractivity contribution in [3.8, 4) is 0 Å². The molecule has 0 saturated carbocycles. The van der Waals surface area contributed by atoms with E-state index in [1.807, 2.05) is 0 Å². The molecule has 19 heavy (non-hydrogen) atoms. The van der Waals surface area contributed by atoms with Crippen LogP contribution in [0.25, 0.3) is 0 Å². The predicted molar refractivity (Wildman–Crippen MR) is 83.5 cm³/mol. The van der Waals surface area contributed by atoms with E-state index in [1.165, 1.54) is 16.7 Å². The Morgan fingerprint density at radius 3 is 1.68 bits per heavy atom. The SMILES string of the molecule is Cc1cc(C)c(C(O)(CC(C)C)CC(C)C)cc1C. The fourth-order valence-corrected chi connectivity index (χ4v) is 3.12. The summed E-state index contributed by atoms with van der Waals surface area (Å²) < 4.78 is 0. The molecule has 0 atom stereocenters. The van der Waals surface area contributed by atoms with Crippen molar-refractivity contribution < 1.29 is 5.11 Å². The molecule has 1 aromatic rings. The standard InChI is InChI=1S/C18H30O/c1-12(2)10-18(19,11-13(3)4)17-9-15(6)14(5)8-16(17)7/h8-9,12-13,19H,10-11H2,1-7H3. The highest BCUT2D eigenvalue weighted by molar-refractivity contribution is 5.39. The lowest BCUT2D eigenvalue weighted by Gasteiger charge is -2.34. The van der Waals surface area contributed by atoms with Gasteiger partial charge in [0.05, 0.1) is 5.60 Å². The van der Waals surface area contributed by atoms with E-state index in [0.717, 1.165) is 18.4 Å². The van der Waals surface area contributed by atoms with Gasteiger partial charge in [-0.25, -0.2) is 0 Å².